The van der Waals surface area contributed by atoms with Gasteiger partial charge in [0.2, 0.25) is 5.88 Å². The number of aromatic nitrogens is 1. The van der Waals surface area contributed by atoms with E-state index in [-0.39, 0.29) is 34.6 Å². The average Bonchev–Trinajstić information content (AvgIpc) is 2.62. The van der Waals surface area contributed by atoms with Gasteiger partial charge < -0.3 is 14.5 Å². The van der Waals surface area contributed by atoms with Crippen LogP contribution in [-0.2, 0) is 16.6 Å². The zero-order valence-electron chi connectivity index (χ0n) is 14.2. The molecule has 10 heteroatoms. The number of rotatable bonds is 6. The molecule has 1 aromatic heterocycles. The summed E-state index contributed by atoms with van der Waals surface area (Å²) in [6, 6.07) is 9.89. The highest BCUT2D eigenvalue weighted by molar-refractivity contribution is 9.10. The highest BCUT2D eigenvalue weighted by atomic mass is 79.9. The molecule has 0 bridgehead atoms. The molecular weight excluding hydrogens is 462 g/mol. The molecule has 0 radical (unpaired) electrons. The molecule has 0 aliphatic rings. The van der Waals surface area contributed by atoms with Crippen LogP contribution < -0.4 is 4.74 Å². The number of hydrogen-bond acceptors (Lipinski definition) is 3. The van der Waals surface area contributed by atoms with Gasteiger partial charge >= 0.3 is 13.3 Å². The summed E-state index contributed by atoms with van der Waals surface area (Å²) in [7, 11) is -5.71. The highest BCUT2D eigenvalue weighted by Crippen LogP contribution is 2.60. The van der Waals surface area contributed by atoms with Crippen molar-refractivity contribution in [3.63, 3.8) is 0 Å². The number of fused-ring (bicyclic) bond motifs is 1. The molecule has 148 valence electrons. The minimum absolute atomic E-state index is 0.113. The van der Waals surface area contributed by atoms with Gasteiger partial charge in [-0.3, -0.25) is 4.57 Å². The molecule has 3 aromatic rings. The van der Waals surface area contributed by atoms with Crippen molar-refractivity contribution in [1.82, 2.24) is 4.98 Å². The first-order valence-electron chi connectivity index (χ1n) is 7.99. The predicted molar refractivity (Wildman–Crippen MR) is 101 cm³/mol. The van der Waals surface area contributed by atoms with Crippen molar-refractivity contribution in [3.05, 3.63) is 70.1 Å². The second-order valence-electron chi connectivity index (χ2n) is 5.98. The Bertz CT molecular complexity index is 1070. The number of halogens is 4. The van der Waals surface area contributed by atoms with Crippen LogP contribution in [0.3, 0.4) is 0 Å². The van der Waals surface area contributed by atoms with Crippen molar-refractivity contribution in [3.8, 4) is 5.88 Å². The summed E-state index contributed by atoms with van der Waals surface area (Å²) < 4.78 is 58.3. The maximum Gasteiger partial charge on any atom is 0.399 e. The van der Waals surface area contributed by atoms with Crippen LogP contribution in [0.4, 0.5) is 13.2 Å². The lowest BCUT2D eigenvalue weighted by Crippen LogP contribution is -2.14. The van der Waals surface area contributed by atoms with Gasteiger partial charge in [0.05, 0.1) is 6.61 Å². The Morgan fingerprint density at radius 2 is 1.86 bits per heavy atom. The van der Waals surface area contributed by atoms with Crippen LogP contribution in [0.5, 0.6) is 5.88 Å². The van der Waals surface area contributed by atoms with E-state index in [4.69, 9.17) is 14.5 Å². The van der Waals surface area contributed by atoms with E-state index in [0.29, 0.717) is 10.9 Å². The van der Waals surface area contributed by atoms with Gasteiger partial charge in [-0.15, -0.1) is 0 Å². The molecule has 0 aliphatic carbocycles. The van der Waals surface area contributed by atoms with Gasteiger partial charge in [0, 0.05) is 34.1 Å². The topological polar surface area (TPSA) is 79.7 Å². The number of nitrogens with zero attached hydrogens (tertiary/aromatic N) is 1. The van der Waals surface area contributed by atoms with Gasteiger partial charge in [-0.25, -0.2) is 9.37 Å². The molecule has 0 saturated carbocycles. The molecule has 0 atom stereocenters. The molecule has 0 saturated heterocycles. The molecule has 0 aliphatic heterocycles. The van der Waals surface area contributed by atoms with Crippen molar-refractivity contribution in [1.29, 1.82) is 0 Å². The Morgan fingerprint density at radius 1 is 1.14 bits per heavy atom. The largest absolute Gasteiger partial charge is 0.477 e. The van der Waals surface area contributed by atoms with Gasteiger partial charge in [-0.1, -0.05) is 34.1 Å². The molecule has 3 rings (SSSR count). The SMILES string of the molecule is O=P(O)(O)C(F)(F)c1cc2cc(OCCc3ccccc3F)ncc2cc1Br. The number of benzene rings is 2. The van der Waals surface area contributed by atoms with Gasteiger partial charge in [0.25, 0.3) is 0 Å². The Hall–Kier alpha value is -1.93. The van der Waals surface area contributed by atoms with Crippen molar-refractivity contribution in [2.24, 2.45) is 0 Å². The van der Waals surface area contributed by atoms with Crippen LogP contribution in [0.15, 0.2) is 53.1 Å². The quantitative estimate of drug-likeness (QED) is 0.491. The van der Waals surface area contributed by atoms with E-state index in [1.54, 1.807) is 18.2 Å². The van der Waals surface area contributed by atoms with E-state index in [9.17, 15) is 17.7 Å². The average molecular weight is 476 g/mol. The summed E-state index contributed by atoms with van der Waals surface area (Å²) in [5.74, 6) is -0.233. The van der Waals surface area contributed by atoms with Crippen molar-refractivity contribution in [2.45, 2.75) is 12.1 Å². The summed E-state index contributed by atoms with van der Waals surface area (Å²) in [5.41, 5.74) is -4.72. The molecule has 5 nitrogen and oxygen atoms in total. The Balaban J connectivity index is 1.85. The minimum atomic E-state index is -5.71. The minimum Gasteiger partial charge on any atom is -0.477 e. The van der Waals surface area contributed by atoms with Crippen LogP contribution in [0.25, 0.3) is 10.8 Å². The van der Waals surface area contributed by atoms with Gasteiger partial charge in [-0.2, -0.15) is 8.78 Å². The fourth-order valence-electron chi connectivity index (χ4n) is 2.58. The highest BCUT2D eigenvalue weighted by Gasteiger charge is 2.51. The van der Waals surface area contributed by atoms with Crippen LogP contribution >= 0.6 is 23.5 Å². The van der Waals surface area contributed by atoms with Crippen molar-refractivity contribution < 1.29 is 32.3 Å². The van der Waals surface area contributed by atoms with E-state index < -0.39 is 18.8 Å². The molecule has 28 heavy (non-hydrogen) atoms. The summed E-state index contributed by atoms with van der Waals surface area (Å²) in [6.45, 7) is 0.113. The standard InChI is InChI=1S/C18H14BrF3NO4P/c19-15-8-13-10-23-17(27-6-5-11-3-1-2-4-16(11)20)9-12(13)7-14(15)18(21,22)28(24,25)26/h1-4,7-10H,5-6H2,(H2,24,25,26). The van der Waals surface area contributed by atoms with Crippen molar-refractivity contribution in [2.75, 3.05) is 6.61 Å². The summed E-state index contributed by atoms with van der Waals surface area (Å²) in [5, 5.41) is 0.737. The third-order valence-electron chi connectivity index (χ3n) is 4.05. The number of hydrogen-bond donors (Lipinski definition) is 2. The lowest BCUT2D eigenvalue weighted by atomic mass is 10.1. The number of ether oxygens (including phenoxy) is 1. The lowest BCUT2D eigenvalue weighted by molar-refractivity contribution is 0.0558. The summed E-state index contributed by atoms with van der Waals surface area (Å²) in [4.78, 5) is 22.0. The zero-order valence-corrected chi connectivity index (χ0v) is 16.6. The molecule has 1 heterocycles. The van der Waals surface area contributed by atoms with E-state index in [1.807, 2.05) is 0 Å². The Labute approximate surface area is 166 Å². The van der Waals surface area contributed by atoms with Gasteiger partial charge in [-0.05, 0) is 29.1 Å². The second kappa shape index (κ2) is 7.83. The zero-order chi connectivity index (χ0) is 20.5. The fourth-order valence-corrected chi connectivity index (χ4v) is 3.84. The summed E-state index contributed by atoms with van der Waals surface area (Å²) >= 11 is 2.92. The molecular formula is C18H14BrF3NO4P. The van der Waals surface area contributed by atoms with E-state index >= 15 is 0 Å². The monoisotopic (exact) mass is 475 g/mol. The van der Waals surface area contributed by atoms with Gasteiger partial charge in [0.15, 0.2) is 0 Å². The maximum atomic E-state index is 14.1. The predicted octanol–water partition coefficient (Wildman–Crippen LogP) is 4.98. The number of alkyl halides is 2. The fraction of sp³-hybridized carbons (Fsp3) is 0.167. The molecule has 2 aromatic carbocycles. The van der Waals surface area contributed by atoms with Gasteiger partial charge in [0.1, 0.15) is 5.82 Å². The van der Waals surface area contributed by atoms with Crippen LogP contribution in [0.2, 0.25) is 0 Å². The van der Waals surface area contributed by atoms with Crippen molar-refractivity contribution >= 4 is 34.3 Å². The van der Waals surface area contributed by atoms with Crippen LogP contribution in [0.1, 0.15) is 11.1 Å². The van der Waals surface area contributed by atoms with E-state index in [0.717, 1.165) is 6.07 Å². The molecule has 2 N–H and O–H groups in total. The van der Waals surface area contributed by atoms with Crippen LogP contribution in [-0.4, -0.2) is 21.4 Å². The first-order chi connectivity index (χ1) is 13.1. The lowest BCUT2D eigenvalue weighted by Gasteiger charge is -2.20. The third kappa shape index (κ3) is 4.22. The van der Waals surface area contributed by atoms with E-state index in [2.05, 4.69) is 20.9 Å². The Morgan fingerprint density at radius 3 is 2.54 bits per heavy atom. The third-order valence-corrected chi connectivity index (χ3v) is 5.68. The normalized spacial score (nSPS) is 12.4. The molecule has 0 fully saturated rings. The Kier molecular flexibility index (Phi) is 5.82. The van der Waals surface area contributed by atoms with Crippen LogP contribution in [0, 0.1) is 5.82 Å². The summed E-state index contributed by atoms with van der Waals surface area (Å²) in [6.07, 6.45) is 1.67. The first kappa shape index (κ1) is 20.8. The molecule has 0 amide bonds. The molecule has 0 unspecified atom stereocenters. The first-order valence-corrected chi connectivity index (χ1v) is 10.4. The second-order valence-corrected chi connectivity index (χ2v) is 8.48. The van der Waals surface area contributed by atoms with E-state index in [1.165, 1.54) is 24.4 Å². The maximum absolute atomic E-state index is 14.1. The number of pyridine rings is 1. The smallest absolute Gasteiger partial charge is 0.399 e. The molecule has 0 spiro atoms.